The number of nitrogens with two attached hydrogens (primary N) is 1. The van der Waals surface area contributed by atoms with Crippen LogP contribution >= 0.6 is 11.8 Å². The van der Waals surface area contributed by atoms with Crippen molar-refractivity contribution >= 4 is 17.7 Å². The molecule has 0 aliphatic heterocycles. The number of rotatable bonds is 3. The van der Waals surface area contributed by atoms with Gasteiger partial charge < -0.3 is 5.73 Å². The lowest BCUT2D eigenvalue weighted by molar-refractivity contribution is -0.115. The fraction of sp³-hybridized carbons (Fsp3) is 0.500. The van der Waals surface area contributed by atoms with Gasteiger partial charge in [0, 0.05) is 0 Å². The van der Waals surface area contributed by atoms with Crippen LogP contribution < -0.4 is 5.73 Å². The summed E-state index contributed by atoms with van der Waals surface area (Å²) in [5, 5.41) is 0. The summed E-state index contributed by atoms with van der Waals surface area (Å²) >= 11 is 1.43. The number of hydrogen-bond acceptors (Lipinski definition) is 2. The second kappa shape index (κ2) is 3.99. The van der Waals surface area contributed by atoms with E-state index in [1.54, 1.807) is 0 Å². The molecule has 3 heteroatoms. The predicted octanol–water partition coefficient (Wildman–Crippen LogP) is 0.0390. The summed E-state index contributed by atoms with van der Waals surface area (Å²) in [7, 11) is 0. The van der Waals surface area contributed by atoms with Crippen LogP contribution in [0.15, 0.2) is 0 Å². The Morgan fingerprint density at radius 2 is 2.43 bits per heavy atom. The molecule has 2 N–H and O–H groups in total. The molecular weight excluding hydrogens is 110 g/mol. The van der Waals surface area contributed by atoms with Gasteiger partial charge in [-0.05, 0) is 12.7 Å². The van der Waals surface area contributed by atoms with Crippen molar-refractivity contribution in [1.29, 1.82) is 0 Å². The molecule has 0 rings (SSSR count). The Morgan fingerprint density at radius 1 is 1.86 bits per heavy atom. The number of carbonyl (C=O) groups excluding carboxylic acids is 1. The molecule has 0 heterocycles. The minimum Gasteiger partial charge on any atom is -0.369 e. The van der Waals surface area contributed by atoms with Gasteiger partial charge in [0.2, 0.25) is 5.91 Å². The first-order chi connectivity index (χ1) is 3.27. The summed E-state index contributed by atoms with van der Waals surface area (Å²) in [5.41, 5.74) is 4.79. The molecule has 0 atom stereocenters. The maximum atomic E-state index is 9.93. The summed E-state index contributed by atoms with van der Waals surface area (Å²) in [6, 6.07) is 0. The topological polar surface area (TPSA) is 43.1 Å². The van der Waals surface area contributed by atoms with E-state index < -0.39 is 0 Å². The molecule has 0 aromatic rings. The summed E-state index contributed by atoms with van der Waals surface area (Å²) in [4.78, 5) is 9.93. The van der Waals surface area contributed by atoms with Gasteiger partial charge in [0.25, 0.3) is 0 Å². The molecule has 0 aliphatic carbocycles. The Labute approximate surface area is 47.5 Å². The van der Waals surface area contributed by atoms with Gasteiger partial charge in [-0.3, -0.25) is 4.79 Å². The Bertz CT molecular complexity index is 64.7. The smallest absolute Gasteiger partial charge is 0.227 e. The monoisotopic (exact) mass is 118 g/mol. The normalized spacial score (nSPS) is 8.71. The molecule has 7 heavy (non-hydrogen) atoms. The van der Waals surface area contributed by atoms with E-state index in [0.717, 1.165) is 0 Å². The van der Waals surface area contributed by atoms with E-state index in [1.807, 2.05) is 0 Å². The minimum absolute atomic E-state index is 0.270. The Hall–Kier alpha value is -0.180. The van der Waals surface area contributed by atoms with Crippen molar-refractivity contribution in [3.8, 4) is 0 Å². The molecule has 0 fully saturated rings. The second-order valence-corrected chi connectivity index (χ2v) is 2.12. The number of thioether (sulfide) groups is 1. The zero-order valence-electron chi connectivity index (χ0n) is 4.02. The van der Waals surface area contributed by atoms with E-state index in [1.165, 1.54) is 11.8 Å². The van der Waals surface area contributed by atoms with Crippen molar-refractivity contribution in [2.45, 2.75) is 0 Å². The predicted molar refractivity (Wildman–Crippen MR) is 31.9 cm³/mol. The lowest BCUT2D eigenvalue weighted by atomic mass is 10.8. The fourth-order valence-corrected chi connectivity index (χ4v) is 0.518. The zero-order chi connectivity index (χ0) is 5.70. The van der Waals surface area contributed by atoms with Crippen LogP contribution in [0.3, 0.4) is 0 Å². The van der Waals surface area contributed by atoms with Gasteiger partial charge in [-0.1, -0.05) is 0 Å². The zero-order valence-corrected chi connectivity index (χ0v) is 4.83. The average Bonchev–Trinajstić information content (AvgIpc) is 1.61. The van der Waals surface area contributed by atoms with E-state index in [2.05, 4.69) is 6.92 Å². The molecule has 0 saturated carbocycles. The molecule has 0 saturated heterocycles. The molecule has 0 spiro atoms. The largest absolute Gasteiger partial charge is 0.369 e. The highest BCUT2D eigenvalue weighted by Gasteiger charge is 1.88. The summed E-state index contributed by atoms with van der Waals surface area (Å²) in [6.45, 7) is 3.51. The molecule has 1 amide bonds. The van der Waals surface area contributed by atoms with Gasteiger partial charge in [0.15, 0.2) is 0 Å². The van der Waals surface area contributed by atoms with Crippen LogP contribution in [0.5, 0.6) is 0 Å². The van der Waals surface area contributed by atoms with E-state index in [9.17, 15) is 4.79 Å². The third-order valence-corrected chi connectivity index (χ3v) is 1.17. The standard InChI is InChI=1S/C4H8NOS/c1-2-7-3-4(5)6/h1-3H2,(H2,5,6). The van der Waals surface area contributed by atoms with Crippen LogP contribution in [0.1, 0.15) is 0 Å². The van der Waals surface area contributed by atoms with Gasteiger partial charge in [-0.25, -0.2) is 0 Å². The maximum Gasteiger partial charge on any atom is 0.227 e. The van der Waals surface area contributed by atoms with E-state index >= 15 is 0 Å². The third-order valence-electron chi connectivity index (χ3n) is 0.389. The number of primary amides is 1. The van der Waals surface area contributed by atoms with E-state index in [4.69, 9.17) is 5.73 Å². The van der Waals surface area contributed by atoms with Crippen LogP contribution in [0.4, 0.5) is 0 Å². The number of carbonyl (C=O) groups is 1. The highest BCUT2D eigenvalue weighted by Crippen LogP contribution is 1.93. The first-order valence-electron chi connectivity index (χ1n) is 1.92. The lowest BCUT2D eigenvalue weighted by Crippen LogP contribution is -2.13. The first-order valence-corrected chi connectivity index (χ1v) is 3.08. The van der Waals surface area contributed by atoms with Crippen LogP contribution in [0, 0.1) is 6.92 Å². The third kappa shape index (κ3) is 5.82. The summed E-state index contributed by atoms with van der Waals surface area (Å²) in [6.07, 6.45) is 0. The fourth-order valence-electron chi connectivity index (χ4n) is 0.173. The second-order valence-electron chi connectivity index (χ2n) is 1.02. The molecule has 2 nitrogen and oxygen atoms in total. The van der Waals surface area contributed by atoms with Gasteiger partial charge in [-0.15, -0.1) is 0 Å². The molecule has 0 aromatic carbocycles. The van der Waals surface area contributed by atoms with Crippen molar-refractivity contribution in [2.24, 2.45) is 5.73 Å². The molecular formula is C4H8NOS. The van der Waals surface area contributed by atoms with Crippen LogP contribution in [0.2, 0.25) is 0 Å². The quantitative estimate of drug-likeness (QED) is 0.568. The summed E-state index contributed by atoms with van der Waals surface area (Å²) in [5.74, 6) is 0.834. The highest BCUT2D eigenvalue weighted by molar-refractivity contribution is 8.00. The van der Waals surface area contributed by atoms with Crippen LogP contribution in [0.25, 0.3) is 0 Å². The number of amides is 1. The van der Waals surface area contributed by atoms with Gasteiger partial charge in [0.05, 0.1) is 5.75 Å². The Kier molecular flexibility index (Phi) is 3.89. The van der Waals surface area contributed by atoms with Crippen LogP contribution in [-0.2, 0) is 4.79 Å². The van der Waals surface area contributed by atoms with Crippen molar-refractivity contribution < 1.29 is 4.79 Å². The van der Waals surface area contributed by atoms with Crippen molar-refractivity contribution in [1.82, 2.24) is 0 Å². The Balaban J connectivity index is 2.82. The first kappa shape index (κ1) is 6.82. The van der Waals surface area contributed by atoms with E-state index in [0.29, 0.717) is 11.5 Å². The van der Waals surface area contributed by atoms with Crippen LogP contribution in [-0.4, -0.2) is 17.4 Å². The molecule has 0 aliphatic rings. The van der Waals surface area contributed by atoms with E-state index in [-0.39, 0.29) is 5.91 Å². The molecule has 41 valence electrons. The SMILES string of the molecule is [CH2]CSCC(N)=O. The number of hydrogen-bond donors (Lipinski definition) is 1. The van der Waals surface area contributed by atoms with Gasteiger partial charge in [0.1, 0.15) is 0 Å². The minimum atomic E-state index is -0.270. The van der Waals surface area contributed by atoms with Gasteiger partial charge in [-0.2, -0.15) is 11.8 Å². The van der Waals surface area contributed by atoms with Crippen molar-refractivity contribution in [2.75, 3.05) is 11.5 Å². The Morgan fingerprint density at radius 3 is 2.57 bits per heavy atom. The lowest BCUT2D eigenvalue weighted by Gasteiger charge is -1.87. The van der Waals surface area contributed by atoms with Crippen molar-refractivity contribution in [3.63, 3.8) is 0 Å². The van der Waals surface area contributed by atoms with Crippen molar-refractivity contribution in [3.05, 3.63) is 6.92 Å². The molecule has 1 radical (unpaired) electrons. The molecule has 0 bridgehead atoms. The molecule has 0 aromatic heterocycles. The van der Waals surface area contributed by atoms with Gasteiger partial charge >= 0.3 is 0 Å². The maximum absolute atomic E-state index is 9.93. The summed E-state index contributed by atoms with van der Waals surface area (Å²) < 4.78 is 0. The average molecular weight is 118 g/mol. The highest BCUT2D eigenvalue weighted by atomic mass is 32.2. The molecule has 0 unspecified atom stereocenters.